The van der Waals surface area contributed by atoms with Gasteiger partial charge in [-0.3, -0.25) is 24.3 Å². The molecular formula is C14H14N4O6S. The zero-order valence-electron chi connectivity index (χ0n) is 13.0. The number of hydrogen-bond acceptors (Lipinski definition) is 6. The molecular weight excluding hydrogens is 352 g/mol. The molecule has 0 fully saturated rings. The second-order valence-corrected chi connectivity index (χ2v) is 6.74. The molecule has 11 heteroatoms. The molecule has 1 heterocycles. The first-order valence-corrected chi connectivity index (χ1v) is 8.41. The standard InChI is InChI=1S/C14H14N4O6S/c1-9-6-14(20)17(7-12(9)18(21)22)8-13(19)16-10-2-4-11(5-3-10)25(15,23)24/h2-7H,8H2,1H3,(H,16,19)(H2,15,23,24). The molecule has 25 heavy (non-hydrogen) atoms. The maximum absolute atomic E-state index is 12.0. The van der Waals surface area contributed by atoms with Gasteiger partial charge in [-0.25, -0.2) is 13.6 Å². The van der Waals surface area contributed by atoms with Crippen molar-refractivity contribution in [2.24, 2.45) is 5.14 Å². The first-order valence-electron chi connectivity index (χ1n) is 6.86. The molecule has 2 aromatic rings. The minimum Gasteiger partial charge on any atom is -0.325 e. The van der Waals surface area contributed by atoms with E-state index in [1.165, 1.54) is 31.2 Å². The van der Waals surface area contributed by atoms with Crippen LogP contribution in [-0.4, -0.2) is 23.8 Å². The van der Waals surface area contributed by atoms with E-state index in [9.17, 15) is 28.1 Å². The lowest BCUT2D eigenvalue weighted by Gasteiger charge is -2.08. The average Bonchev–Trinajstić information content (AvgIpc) is 2.49. The van der Waals surface area contributed by atoms with Gasteiger partial charge in [-0.2, -0.15) is 0 Å². The molecule has 0 unspecified atom stereocenters. The van der Waals surface area contributed by atoms with Crippen LogP contribution in [-0.2, 0) is 21.4 Å². The quantitative estimate of drug-likeness (QED) is 0.575. The van der Waals surface area contributed by atoms with Crippen molar-refractivity contribution in [2.75, 3.05) is 5.32 Å². The molecule has 10 nitrogen and oxygen atoms in total. The molecule has 0 aliphatic carbocycles. The Morgan fingerprint density at radius 1 is 1.32 bits per heavy atom. The van der Waals surface area contributed by atoms with Crippen LogP contribution in [0.2, 0.25) is 0 Å². The Morgan fingerprint density at radius 2 is 1.92 bits per heavy atom. The van der Waals surface area contributed by atoms with Crippen LogP contribution in [0.15, 0.2) is 46.2 Å². The summed E-state index contributed by atoms with van der Waals surface area (Å²) in [6.45, 7) is 0.994. The van der Waals surface area contributed by atoms with E-state index >= 15 is 0 Å². The smallest absolute Gasteiger partial charge is 0.288 e. The zero-order chi connectivity index (χ0) is 18.8. The van der Waals surface area contributed by atoms with Gasteiger partial charge in [-0.1, -0.05) is 0 Å². The van der Waals surface area contributed by atoms with E-state index in [2.05, 4.69) is 5.32 Å². The van der Waals surface area contributed by atoms with E-state index in [-0.39, 0.29) is 21.8 Å². The summed E-state index contributed by atoms with van der Waals surface area (Å²) < 4.78 is 23.2. The van der Waals surface area contributed by atoms with E-state index in [4.69, 9.17) is 5.14 Å². The number of anilines is 1. The van der Waals surface area contributed by atoms with Gasteiger partial charge in [0.15, 0.2) is 0 Å². The minimum atomic E-state index is -3.84. The first kappa shape index (κ1) is 18.3. The largest absolute Gasteiger partial charge is 0.325 e. The minimum absolute atomic E-state index is 0.115. The lowest BCUT2D eigenvalue weighted by molar-refractivity contribution is -0.385. The third kappa shape index (κ3) is 4.49. The first-order chi connectivity index (χ1) is 11.6. The molecule has 1 aromatic heterocycles. The number of aromatic nitrogens is 1. The fraction of sp³-hybridized carbons (Fsp3) is 0.143. The Balaban J connectivity index is 2.17. The normalized spacial score (nSPS) is 11.1. The van der Waals surface area contributed by atoms with Crippen molar-refractivity contribution in [1.29, 1.82) is 0 Å². The Morgan fingerprint density at radius 3 is 2.44 bits per heavy atom. The second-order valence-electron chi connectivity index (χ2n) is 5.18. The highest BCUT2D eigenvalue weighted by atomic mass is 32.2. The van der Waals surface area contributed by atoms with E-state index in [1.807, 2.05) is 0 Å². The predicted octanol–water partition coefficient (Wildman–Crippen LogP) is 0.351. The lowest BCUT2D eigenvalue weighted by atomic mass is 10.2. The van der Waals surface area contributed by atoms with Crippen molar-refractivity contribution in [1.82, 2.24) is 4.57 Å². The SMILES string of the molecule is Cc1cc(=O)n(CC(=O)Nc2ccc(S(N)(=O)=O)cc2)cc1[N+](=O)[O-]. The molecule has 0 bridgehead atoms. The number of amides is 1. The fourth-order valence-corrected chi connectivity index (χ4v) is 2.57. The second kappa shape index (κ2) is 6.83. The summed E-state index contributed by atoms with van der Waals surface area (Å²) in [7, 11) is -3.84. The molecule has 0 atom stereocenters. The molecule has 0 aliphatic heterocycles. The van der Waals surface area contributed by atoms with Gasteiger partial charge in [0.1, 0.15) is 6.54 Å². The summed E-state index contributed by atoms with van der Waals surface area (Å²) in [5, 5.41) is 18.3. The number of primary sulfonamides is 1. The fourth-order valence-electron chi connectivity index (χ4n) is 2.05. The summed E-state index contributed by atoms with van der Waals surface area (Å²) in [6.07, 6.45) is 1.00. The van der Waals surface area contributed by atoms with Crippen LogP contribution in [0, 0.1) is 17.0 Å². The molecule has 1 aromatic carbocycles. The average molecular weight is 366 g/mol. The van der Waals surface area contributed by atoms with Crippen LogP contribution in [0.1, 0.15) is 5.56 Å². The number of hydrogen-bond donors (Lipinski definition) is 2. The number of nitrogens with one attached hydrogen (secondary N) is 1. The van der Waals surface area contributed by atoms with Gasteiger partial charge in [0, 0.05) is 17.3 Å². The molecule has 0 saturated carbocycles. The number of sulfonamides is 1. The van der Waals surface area contributed by atoms with Gasteiger partial charge in [0.2, 0.25) is 15.9 Å². The molecule has 0 saturated heterocycles. The highest BCUT2D eigenvalue weighted by Gasteiger charge is 2.15. The molecule has 132 valence electrons. The number of aryl methyl sites for hydroxylation is 1. The number of carbonyl (C=O) groups excluding carboxylic acids is 1. The molecule has 1 amide bonds. The Kier molecular flexibility index (Phi) is 4.99. The van der Waals surface area contributed by atoms with Crippen molar-refractivity contribution in [3.8, 4) is 0 Å². The number of nitro groups is 1. The summed E-state index contributed by atoms with van der Waals surface area (Å²) in [4.78, 5) is 34.0. The summed E-state index contributed by atoms with van der Waals surface area (Å²) in [5.41, 5.74) is -0.343. The molecule has 0 radical (unpaired) electrons. The van der Waals surface area contributed by atoms with Crippen molar-refractivity contribution in [3.63, 3.8) is 0 Å². The zero-order valence-corrected chi connectivity index (χ0v) is 13.8. The Labute approximate surface area is 142 Å². The van der Waals surface area contributed by atoms with E-state index in [0.29, 0.717) is 0 Å². The van der Waals surface area contributed by atoms with E-state index in [1.54, 1.807) is 0 Å². The maximum atomic E-state index is 12.0. The number of nitrogens with two attached hydrogens (primary N) is 1. The van der Waals surface area contributed by atoms with Gasteiger partial charge < -0.3 is 5.32 Å². The monoisotopic (exact) mass is 366 g/mol. The van der Waals surface area contributed by atoms with E-state index < -0.39 is 33.0 Å². The van der Waals surface area contributed by atoms with Crippen LogP contribution < -0.4 is 16.0 Å². The Hall–Kier alpha value is -3.05. The highest BCUT2D eigenvalue weighted by molar-refractivity contribution is 7.89. The van der Waals surface area contributed by atoms with Crippen molar-refractivity contribution in [3.05, 3.63) is 62.6 Å². The van der Waals surface area contributed by atoms with Gasteiger partial charge in [-0.05, 0) is 31.2 Å². The topological polar surface area (TPSA) is 154 Å². The lowest BCUT2D eigenvalue weighted by Crippen LogP contribution is -2.27. The van der Waals surface area contributed by atoms with Gasteiger partial charge in [0.05, 0.1) is 16.0 Å². The van der Waals surface area contributed by atoms with Crippen molar-refractivity contribution < 1.29 is 18.1 Å². The highest BCUT2D eigenvalue weighted by Crippen LogP contribution is 2.15. The number of pyridine rings is 1. The summed E-state index contributed by atoms with van der Waals surface area (Å²) >= 11 is 0. The van der Waals surface area contributed by atoms with Crippen LogP contribution >= 0.6 is 0 Å². The van der Waals surface area contributed by atoms with Gasteiger partial charge in [0.25, 0.3) is 11.2 Å². The van der Waals surface area contributed by atoms with Gasteiger partial charge in [-0.15, -0.1) is 0 Å². The number of carbonyl (C=O) groups is 1. The number of rotatable bonds is 5. The maximum Gasteiger partial charge on any atom is 0.288 e. The third-order valence-corrected chi connectivity index (χ3v) is 4.21. The van der Waals surface area contributed by atoms with Crippen LogP contribution in [0.25, 0.3) is 0 Å². The summed E-state index contributed by atoms with van der Waals surface area (Å²) in [6, 6.07) is 6.17. The predicted molar refractivity (Wildman–Crippen MR) is 88.5 cm³/mol. The molecule has 0 spiro atoms. The van der Waals surface area contributed by atoms with E-state index in [0.717, 1.165) is 16.8 Å². The molecule has 3 N–H and O–H groups in total. The Bertz CT molecular complexity index is 995. The van der Waals surface area contributed by atoms with Crippen LogP contribution in [0.5, 0.6) is 0 Å². The van der Waals surface area contributed by atoms with Gasteiger partial charge >= 0.3 is 0 Å². The number of nitrogens with zero attached hydrogens (tertiary/aromatic N) is 2. The van der Waals surface area contributed by atoms with Crippen molar-refractivity contribution in [2.45, 2.75) is 18.4 Å². The van der Waals surface area contributed by atoms with Crippen LogP contribution in [0.4, 0.5) is 11.4 Å². The summed E-state index contributed by atoms with van der Waals surface area (Å²) in [5.74, 6) is -0.608. The van der Waals surface area contributed by atoms with Crippen molar-refractivity contribution >= 4 is 27.3 Å². The van der Waals surface area contributed by atoms with Crippen LogP contribution in [0.3, 0.4) is 0 Å². The third-order valence-electron chi connectivity index (χ3n) is 3.28. The molecule has 0 aliphatic rings. The molecule has 2 rings (SSSR count). The number of benzene rings is 1.